The van der Waals surface area contributed by atoms with Gasteiger partial charge in [-0.1, -0.05) is 49.0 Å². The van der Waals surface area contributed by atoms with E-state index in [1.54, 1.807) is 16.7 Å². The van der Waals surface area contributed by atoms with Gasteiger partial charge in [-0.15, -0.1) is 0 Å². The van der Waals surface area contributed by atoms with Gasteiger partial charge < -0.3 is 4.90 Å². The normalized spacial score (nSPS) is 16.8. The van der Waals surface area contributed by atoms with Crippen molar-refractivity contribution in [2.24, 2.45) is 0 Å². The lowest BCUT2D eigenvalue weighted by Crippen LogP contribution is -3.10. The van der Waals surface area contributed by atoms with Crippen LogP contribution in [0.1, 0.15) is 29.3 Å². The Morgan fingerprint density at radius 1 is 1.32 bits per heavy atom. The topological polar surface area (TPSA) is 42.4 Å². The van der Waals surface area contributed by atoms with Crippen LogP contribution in [0.3, 0.4) is 0 Å². The Morgan fingerprint density at radius 2 is 2.14 bits per heavy atom. The molecule has 0 saturated carbocycles. The molecule has 1 aromatic carbocycles. The predicted molar refractivity (Wildman–Crippen MR) is 87.5 cm³/mol. The first-order chi connectivity index (χ1) is 10.8. The first kappa shape index (κ1) is 15.1. The number of aromatic amines is 1. The Kier molecular flexibility index (Phi) is 4.77. The highest BCUT2D eigenvalue weighted by atomic mass is 32.2. The summed E-state index contributed by atoms with van der Waals surface area (Å²) < 4.78 is 0. The highest BCUT2D eigenvalue weighted by Crippen LogP contribution is 2.20. The average Bonchev–Trinajstić information content (AvgIpc) is 2.55. The fourth-order valence-corrected chi connectivity index (χ4v) is 3.77. The molecule has 1 aromatic heterocycles. The van der Waals surface area contributed by atoms with Crippen molar-refractivity contribution in [2.75, 3.05) is 12.3 Å². The third kappa shape index (κ3) is 3.32. The Hall–Kier alpha value is -1.83. The smallest absolute Gasteiger partial charge is 0.256 e. The lowest BCUT2D eigenvalue weighted by molar-refractivity contribution is -0.930. The second-order valence-electron chi connectivity index (χ2n) is 5.65. The Morgan fingerprint density at radius 3 is 2.86 bits per heavy atom. The molecule has 0 amide bonds. The molecule has 2 aromatic rings. The molecule has 1 unspecified atom stereocenters. The summed E-state index contributed by atoms with van der Waals surface area (Å²) in [6.45, 7) is 5.30. The zero-order valence-electron chi connectivity index (χ0n) is 12.9. The number of hydrogen-bond donors (Lipinski definition) is 1. The van der Waals surface area contributed by atoms with E-state index >= 15 is 0 Å². The van der Waals surface area contributed by atoms with Gasteiger partial charge in [0.2, 0.25) is 0 Å². The fraction of sp³-hybridized carbons (Fsp3) is 0.333. The zero-order chi connectivity index (χ0) is 15.4. The number of nitriles is 1. The highest BCUT2D eigenvalue weighted by molar-refractivity contribution is 7.99. The second-order valence-corrected chi connectivity index (χ2v) is 6.92. The number of fused-ring (bicyclic) bond motifs is 1. The van der Waals surface area contributed by atoms with E-state index in [-0.39, 0.29) is 0 Å². The van der Waals surface area contributed by atoms with Gasteiger partial charge in [0.25, 0.3) is 5.03 Å². The van der Waals surface area contributed by atoms with E-state index in [1.807, 2.05) is 0 Å². The molecule has 1 aliphatic rings. The number of thioether (sulfide) groups is 1. The summed E-state index contributed by atoms with van der Waals surface area (Å²) in [5.74, 6) is 0.981. The van der Waals surface area contributed by atoms with Crippen molar-refractivity contribution >= 4 is 11.8 Å². The average molecular weight is 311 g/mol. The molecule has 0 bridgehead atoms. The van der Waals surface area contributed by atoms with E-state index in [9.17, 15) is 5.26 Å². The minimum Gasteiger partial charge on any atom is -0.327 e. The van der Waals surface area contributed by atoms with E-state index in [4.69, 9.17) is 0 Å². The summed E-state index contributed by atoms with van der Waals surface area (Å²) in [6.07, 6.45) is 1.06. The van der Waals surface area contributed by atoms with E-state index in [1.165, 1.54) is 16.8 Å². The van der Waals surface area contributed by atoms with Crippen LogP contribution >= 0.6 is 11.8 Å². The molecular formula is C18H21N3S+2. The van der Waals surface area contributed by atoms with Crippen molar-refractivity contribution in [3.8, 4) is 6.07 Å². The lowest BCUT2D eigenvalue weighted by atomic mass is 10.0. The molecule has 2 N–H and O–H groups in total. The summed E-state index contributed by atoms with van der Waals surface area (Å²) in [5.41, 5.74) is 4.77. The number of aromatic nitrogens is 1. The third-order valence-corrected chi connectivity index (χ3v) is 4.99. The number of hydrogen-bond acceptors (Lipinski definition) is 2. The Labute approximate surface area is 136 Å². The van der Waals surface area contributed by atoms with E-state index in [0.717, 1.165) is 42.4 Å². The van der Waals surface area contributed by atoms with Crippen LogP contribution in [0.5, 0.6) is 0 Å². The maximum absolute atomic E-state index is 9.36. The molecule has 0 spiro atoms. The molecule has 2 heterocycles. The van der Waals surface area contributed by atoms with Gasteiger partial charge >= 0.3 is 0 Å². The summed E-state index contributed by atoms with van der Waals surface area (Å²) >= 11 is 1.72. The van der Waals surface area contributed by atoms with Gasteiger partial charge in [0.1, 0.15) is 24.7 Å². The fourth-order valence-electron chi connectivity index (χ4n) is 3.03. The second kappa shape index (κ2) is 6.95. The maximum Gasteiger partial charge on any atom is 0.256 e. The van der Waals surface area contributed by atoms with Crippen LogP contribution in [-0.2, 0) is 19.5 Å². The van der Waals surface area contributed by atoms with Crippen molar-refractivity contribution in [2.45, 2.75) is 31.5 Å². The van der Waals surface area contributed by atoms with E-state index in [0.29, 0.717) is 0 Å². The van der Waals surface area contributed by atoms with Crippen molar-refractivity contribution in [1.82, 2.24) is 0 Å². The minimum absolute atomic E-state index is 0.784. The van der Waals surface area contributed by atoms with Crippen molar-refractivity contribution < 1.29 is 9.88 Å². The molecule has 4 heteroatoms. The maximum atomic E-state index is 9.36. The first-order valence-electron chi connectivity index (χ1n) is 7.78. The van der Waals surface area contributed by atoms with Gasteiger partial charge in [0, 0.05) is 11.3 Å². The molecule has 22 heavy (non-hydrogen) atoms. The van der Waals surface area contributed by atoms with Gasteiger partial charge in [-0.3, -0.25) is 0 Å². The summed E-state index contributed by atoms with van der Waals surface area (Å²) in [4.78, 5) is 5.06. The SMILES string of the molecule is CCSc1[nH+]c2c(cc1C#N)C[NH+](Cc1ccccc1)CC2. The number of H-pyrrole nitrogens is 1. The van der Waals surface area contributed by atoms with Gasteiger partial charge in [0.15, 0.2) is 5.69 Å². The Bertz CT molecular complexity index is 691. The van der Waals surface area contributed by atoms with Crippen LogP contribution in [0.2, 0.25) is 0 Å². The summed E-state index contributed by atoms with van der Waals surface area (Å²) in [5, 5.41) is 10.4. The molecule has 3 rings (SSSR count). The predicted octanol–water partition coefficient (Wildman–Crippen LogP) is 1.63. The number of nitrogens with zero attached hydrogens (tertiary/aromatic N) is 1. The van der Waals surface area contributed by atoms with Crippen LogP contribution in [0.25, 0.3) is 0 Å². The van der Waals surface area contributed by atoms with Gasteiger partial charge in [0.05, 0.1) is 18.5 Å². The molecule has 0 saturated heterocycles. The molecule has 3 nitrogen and oxygen atoms in total. The van der Waals surface area contributed by atoms with Gasteiger partial charge in [-0.25, -0.2) is 4.98 Å². The quantitative estimate of drug-likeness (QED) is 0.872. The lowest BCUT2D eigenvalue weighted by Gasteiger charge is -2.23. The van der Waals surface area contributed by atoms with Crippen LogP contribution in [-0.4, -0.2) is 12.3 Å². The number of quaternary nitrogens is 1. The minimum atomic E-state index is 0.784. The number of rotatable bonds is 4. The molecule has 0 radical (unpaired) electrons. The van der Waals surface area contributed by atoms with Crippen LogP contribution in [0.15, 0.2) is 41.4 Å². The molecule has 0 fully saturated rings. The molecule has 1 aliphatic heterocycles. The standard InChI is InChI=1S/C18H19N3S/c1-2-22-18-15(11-19)10-16-13-21(9-8-17(16)20-18)12-14-6-4-3-5-7-14/h3-7,10H,2,8-9,12-13H2,1H3/p+2. The monoisotopic (exact) mass is 311 g/mol. The van der Waals surface area contributed by atoms with E-state index < -0.39 is 0 Å². The van der Waals surface area contributed by atoms with Crippen LogP contribution < -0.4 is 9.88 Å². The van der Waals surface area contributed by atoms with Crippen LogP contribution in [0, 0.1) is 11.3 Å². The van der Waals surface area contributed by atoms with Crippen molar-refractivity contribution in [3.05, 3.63) is 58.8 Å². The van der Waals surface area contributed by atoms with Crippen molar-refractivity contribution in [3.63, 3.8) is 0 Å². The largest absolute Gasteiger partial charge is 0.327 e. The number of nitrogens with one attached hydrogen (secondary N) is 2. The van der Waals surface area contributed by atoms with Gasteiger partial charge in [-0.05, 0) is 6.07 Å². The first-order valence-corrected chi connectivity index (χ1v) is 8.77. The molecule has 112 valence electrons. The molecule has 1 atom stereocenters. The Balaban J connectivity index is 1.79. The highest BCUT2D eigenvalue weighted by Gasteiger charge is 2.27. The molecule has 0 aliphatic carbocycles. The third-order valence-electron chi connectivity index (χ3n) is 4.09. The summed E-state index contributed by atoms with van der Waals surface area (Å²) in [6, 6.07) is 15.1. The molecular weight excluding hydrogens is 290 g/mol. The van der Waals surface area contributed by atoms with E-state index in [2.05, 4.69) is 54.4 Å². The van der Waals surface area contributed by atoms with Gasteiger partial charge in [-0.2, -0.15) is 5.26 Å². The summed E-state index contributed by atoms with van der Waals surface area (Å²) in [7, 11) is 0. The number of benzene rings is 1. The number of pyridine rings is 1. The van der Waals surface area contributed by atoms with Crippen LogP contribution in [0.4, 0.5) is 0 Å². The zero-order valence-corrected chi connectivity index (χ0v) is 13.7. The van der Waals surface area contributed by atoms with Crippen molar-refractivity contribution in [1.29, 1.82) is 5.26 Å².